The van der Waals surface area contributed by atoms with E-state index >= 15 is 0 Å². The van der Waals surface area contributed by atoms with Crippen molar-refractivity contribution in [2.45, 2.75) is 51.5 Å². The van der Waals surface area contributed by atoms with Crippen LogP contribution in [0.4, 0.5) is 0 Å². The molecule has 0 radical (unpaired) electrons. The van der Waals surface area contributed by atoms with Crippen LogP contribution in [-0.2, 0) is 0 Å². The highest BCUT2D eigenvalue weighted by molar-refractivity contribution is 4.77. The van der Waals surface area contributed by atoms with Crippen LogP contribution in [0, 0.1) is 5.92 Å². The van der Waals surface area contributed by atoms with Gasteiger partial charge in [0.15, 0.2) is 0 Å². The fourth-order valence-corrected chi connectivity index (χ4v) is 1.97. The fourth-order valence-electron chi connectivity index (χ4n) is 1.97. The Labute approximate surface area is 64.0 Å². The van der Waals surface area contributed by atoms with Gasteiger partial charge in [-0.3, -0.25) is 0 Å². The Morgan fingerprint density at radius 2 is 2.00 bits per heavy atom. The van der Waals surface area contributed by atoms with Crippen LogP contribution in [0.15, 0.2) is 0 Å². The summed E-state index contributed by atoms with van der Waals surface area (Å²) in [4.78, 5) is 0. The zero-order valence-electron chi connectivity index (χ0n) is 6.97. The van der Waals surface area contributed by atoms with Gasteiger partial charge in [-0.1, -0.05) is 26.2 Å². The van der Waals surface area contributed by atoms with Crippen molar-refractivity contribution in [3.63, 3.8) is 0 Å². The van der Waals surface area contributed by atoms with E-state index in [4.69, 9.17) is 5.73 Å². The molecule has 0 amide bonds. The molecule has 0 bridgehead atoms. The Kier molecular flexibility index (Phi) is 3.20. The molecule has 0 saturated heterocycles. The monoisotopic (exact) mass is 141 g/mol. The van der Waals surface area contributed by atoms with Crippen molar-refractivity contribution in [2.24, 2.45) is 11.7 Å². The average Bonchev–Trinajstić information content (AvgIpc) is 1.94. The standard InChI is InChI=1S/C9H19N/c1-2-5-8-6-3-4-7-9(8)10/h8-9H,2-7,10H2,1H3/t8-,9-/m1/s1. The number of hydrogen-bond acceptors (Lipinski definition) is 1. The zero-order valence-corrected chi connectivity index (χ0v) is 6.97. The first-order chi connectivity index (χ1) is 4.84. The molecule has 0 aromatic heterocycles. The van der Waals surface area contributed by atoms with Gasteiger partial charge in [0.25, 0.3) is 0 Å². The molecule has 60 valence electrons. The largest absolute Gasteiger partial charge is 0.327 e. The second-order valence-corrected chi connectivity index (χ2v) is 3.50. The molecule has 0 unspecified atom stereocenters. The molecule has 1 rings (SSSR count). The van der Waals surface area contributed by atoms with Gasteiger partial charge >= 0.3 is 0 Å². The highest BCUT2D eigenvalue weighted by Gasteiger charge is 2.19. The fraction of sp³-hybridized carbons (Fsp3) is 1.00. The number of hydrogen-bond donors (Lipinski definition) is 1. The molecule has 1 nitrogen and oxygen atoms in total. The minimum atomic E-state index is 0.522. The van der Waals surface area contributed by atoms with Gasteiger partial charge in [0.2, 0.25) is 0 Å². The van der Waals surface area contributed by atoms with Crippen LogP contribution < -0.4 is 5.73 Å². The minimum Gasteiger partial charge on any atom is -0.327 e. The normalized spacial score (nSPS) is 34.2. The second-order valence-electron chi connectivity index (χ2n) is 3.50. The van der Waals surface area contributed by atoms with Crippen molar-refractivity contribution >= 4 is 0 Å². The Morgan fingerprint density at radius 1 is 1.30 bits per heavy atom. The first-order valence-corrected chi connectivity index (χ1v) is 4.60. The van der Waals surface area contributed by atoms with Crippen LogP contribution in [-0.4, -0.2) is 6.04 Å². The lowest BCUT2D eigenvalue weighted by Gasteiger charge is -2.27. The maximum absolute atomic E-state index is 5.97. The SMILES string of the molecule is CCC[C@@H]1CCCC[C@H]1N. The van der Waals surface area contributed by atoms with Crippen LogP contribution in [0.3, 0.4) is 0 Å². The smallest absolute Gasteiger partial charge is 0.00671 e. The Morgan fingerprint density at radius 3 is 2.60 bits per heavy atom. The van der Waals surface area contributed by atoms with Gasteiger partial charge in [0.1, 0.15) is 0 Å². The average molecular weight is 141 g/mol. The molecule has 1 aliphatic carbocycles. The molecule has 1 heteroatoms. The number of rotatable bonds is 2. The van der Waals surface area contributed by atoms with Crippen LogP contribution in [0.1, 0.15) is 45.4 Å². The summed E-state index contributed by atoms with van der Waals surface area (Å²) in [5, 5.41) is 0. The molecule has 1 aliphatic rings. The van der Waals surface area contributed by atoms with E-state index in [-0.39, 0.29) is 0 Å². The first kappa shape index (κ1) is 8.06. The third-order valence-corrected chi connectivity index (χ3v) is 2.63. The van der Waals surface area contributed by atoms with Crippen LogP contribution in [0.5, 0.6) is 0 Å². The second kappa shape index (κ2) is 3.97. The predicted molar refractivity (Wildman–Crippen MR) is 44.8 cm³/mol. The molecular weight excluding hydrogens is 122 g/mol. The van der Waals surface area contributed by atoms with Gasteiger partial charge < -0.3 is 5.73 Å². The van der Waals surface area contributed by atoms with E-state index in [0.717, 1.165) is 5.92 Å². The van der Waals surface area contributed by atoms with Crippen molar-refractivity contribution in [3.05, 3.63) is 0 Å². The van der Waals surface area contributed by atoms with Crippen LogP contribution >= 0.6 is 0 Å². The lowest BCUT2D eigenvalue weighted by molar-refractivity contribution is 0.290. The first-order valence-electron chi connectivity index (χ1n) is 4.60. The van der Waals surface area contributed by atoms with Gasteiger partial charge in [-0.15, -0.1) is 0 Å². The predicted octanol–water partition coefficient (Wildman–Crippen LogP) is 2.30. The summed E-state index contributed by atoms with van der Waals surface area (Å²) in [6, 6.07) is 0.522. The summed E-state index contributed by atoms with van der Waals surface area (Å²) in [7, 11) is 0. The van der Waals surface area contributed by atoms with E-state index in [9.17, 15) is 0 Å². The summed E-state index contributed by atoms with van der Waals surface area (Å²) >= 11 is 0. The Balaban J connectivity index is 2.25. The van der Waals surface area contributed by atoms with Crippen molar-refractivity contribution in [2.75, 3.05) is 0 Å². The quantitative estimate of drug-likeness (QED) is 0.627. The highest BCUT2D eigenvalue weighted by atomic mass is 14.7. The maximum atomic E-state index is 5.97. The summed E-state index contributed by atoms with van der Waals surface area (Å²) in [5.41, 5.74) is 5.97. The molecule has 0 spiro atoms. The third kappa shape index (κ3) is 1.98. The molecule has 0 aliphatic heterocycles. The summed E-state index contributed by atoms with van der Waals surface area (Å²) in [6.45, 7) is 2.25. The van der Waals surface area contributed by atoms with Gasteiger partial charge in [0.05, 0.1) is 0 Å². The summed E-state index contributed by atoms with van der Waals surface area (Å²) in [5.74, 6) is 0.846. The topological polar surface area (TPSA) is 26.0 Å². The van der Waals surface area contributed by atoms with Crippen LogP contribution in [0.25, 0.3) is 0 Å². The molecule has 0 heterocycles. The van der Waals surface area contributed by atoms with Crippen LogP contribution in [0.2, 0.25) is 0 Å². The van der Waals surface area contributed by atoms with Gasteiger partial charge in [-0.2, -0.15) is 0 Å². The third-order valence-electron chi connectivity index (χ3n) is 2.63. The van der Waals surface area contributed by atoms with E-state index in [1.54, 1.807) is 0 Å². The van der Waals surface area contributed by atoms with E-state index in [1.165, 1.54) is 38.5 Å². The minimum absolute atomic E-state index is 0.522. The zero-order chi connectivity index (χ0) is 7.40. The van der Waals surface area contributed by atoms with Gasteiger partial charge in [0, 0.05) is 6.04 Å². The Hall–Kier alpha value is -0.0400. The van der Waals surface area contributed by atoms with Crippen molar-refractivity contribution < 1.29 is 0 Å². The summed E-state index contributed by atoms with van der Waals surface area (Å²) in [6.07, 6.45) is 8.08. The van der Waals surface area contributed by atoms with Crippen molar-refractivity contribution in [3.8, 4) is 0 Å². The lowest BCUT2D eigenvalue weighted by atomic mass is 9.82. The number of nitrogens with two attached hydrogens (primary N) is 1. The molecule has 10 heavy (non-hydrogen) atoms. The molecule has 1 fully saturated rings. The lowest BCUT2D eigenvalue weighted by Crippen LogP contribution is -2.32. The van der Waals surface area contributed by atoms with Gasteiger partial charge in [-0.05, 0) is 25.2 Å². The van der Waals surface area contributed by atoms with Crippen molar-refractivity contribution in [1.82, 2.24) is 0 Å². The molecular formula is C9H19N. The molecule has 2 atom stereocenters. The van der Waals surface area contributed by atoms with E-state index in [0.29, 0.717) is 6.04 Å². The van der Waals surface area contributed by atoms with Crippen molar-refractivity contribution in [1.29, 1.82) is 0 Å². The maximum Gasteiger partial charge on any atom is 0.00671 e. The highest BCUT2D eigenvalue weighted by Crippen LogP contribution is 2.26. The molecule has 2 N–H and O–H groups in total. The van der Waals surface area contributed by atoms with E-state index < -0.39 is 0 Å². The Bertz CT molecular complexity index is 88.7. The van der Waals surface area contributed by atoms with E-state index in [1.807, 2.05) is 0 Å². The molecule has 1 saturated carbocycles. The molecule has 0 aromatic rings. The molecule has 0 aromatic carbocycles. The van der Waals surface area contributed by atoms with E-state index in [2.05, 4.69) is 6.92 Å². The van der Waals surface area contributed by atoms with Gasteiger partial charge in [-0.25, -0.2) is 0 Å². The summed E-state index contributed by atoms with van der Waals surface area (Å²) < 4.78 is 0.